The maximum absolute atomic E-state index is 12.2. The Morgan fingerprint density at radius 1 is 1.30 bits per heavy atom. The Morgan fingerprint density at radius 2 is 2.10 bits per heavy atom. The number of anilines is 1. The number of fused-ring (bicyclic) bond motifs is 1. The maximum atomic E-state index is 12.2. The summed E-state index contributed by atoms with van der Waals surface area (Å²) < 4.78 is 0. The van der Waals surface area contributed by atoms with Gasteiger partial charge in [-0.25, -0.2) is 15.0 Å². The van der Waals surface area contributed by atoms with Gasteiger partial charge in [0, 0.05) is 23.5 Å². The van der Waals surface area contributed by atoms with E-state index < -0.39 is 0 Å². The van der Waals surface area contributed by atoms with Gasteiger partial charge in [-0.05, 0) is 6.92 Å². The third-order valence-electron chi connectivity index (χ3n) is 2.64. The average molecular weight is 305 g/mol. The summed E-state index contributed by atoms with van der Waals surface area (Å²) in [5.41, 5.74) is 6.90. The molecule has 8 heteroatoms. The molecular formula is C12H11N5OS2. The molecule has 0 aliphatic rings. The maximum Gasteiger partial charge on any atom is 0.263 e. The first-order chi connectivity index (χ1) is 9.65. The fraction of sp³-hybridized carbons (Fsp3) is 0.167. The van der Waals surface area contributed by atoms with Crippen LogP contribution in [0.3, 0.4) is 0 Å². The highest BCUT2D eigenvalue weighted by molar-refractivity contribution is 7.21. The van der Waals surface area contributed by atoms with Crippen LogP contribution in [0.15, 0.2) is 18.6 Å². The molecule has 0 aromatic carbocycles. The number of thiophene rings is 1. The number of nitrogen functional groups attached to an aromatic ring is 1. The highest BCUT2D eigenvalue weighted by atomic mass is 32.1. The highest BCUT2D eigenvalue weighted by Gasteiger charge is 2.17. The number of carbonyl (C=O) groups excluding carboxylic acids is 1. The summed E-state index contributed by atoms with van der Waals surface area (Å²) in [5, 5.41) is 3.68. The fourth-order valence-electron chi connectivity index (χ4n) is 1.73. The van der Waals surface area contributed by atoms with Crippen LogP contribution in [0.4, 0.5) is 5.69 Å². The van der Waals surface area contributed by atoms with E-state index in [4.69, 9.17) is 5.73 Å². The lowest BCUT2D eigenvalue weighted by molar-refractivity contribution is 0.0956. The molecule has 3 heterocycles. The molecule has 20 heavy (non-hydrogen) atoms. The van der Waals surface area contributed by atoms with Crippen LogP contribution in [0.25, 0.3) is 10.3 Å². The zero-order chi connectivity index (χ0) is 14.1. The van der Waals surface area contributed by atoms with Crippen molar-refractivity contribution < 1.29 is 4.79 Å². The second kappa shape index (κ2) is 5.14. The van der Waals surface area contributed by atoms with Gasteiger partial charge in [0.1, 0.15) is 20.2 Å². The number of rotatable bonds is 3. The third kappa shape index (κ3) is 2.35. The molecule has 0 saturated carbocycles. The van der Waals surface area contributed by atoms with Crippen LogP contribution in [-0.2, 0) is 6.54 Å². The van der Waals surface area contributed by atoms with Crippen molar-refractivity contribution in [1.82, 2.24) is 20.3 Å². The lowest BCUT2D eigenvalue weighted by Gasteiger charge is -2.01. The van der Waals surface area contributed by atoms with Crippen LogP contribution in [0, 0.1) is 6.92 Å². The first-order valence-corrected chi connectivity index (χ1v) is 7.47. The van der Waals surface area contributed by atoms with Crippen molar-refractivity contribution in [2.75, 3.05) is 5.73 Å². The van der Waals surface area contributed by atoms with E-state index in [2.05, 4.69) is 20.3 Å². The van der Waals surface area contributed by atoms with E-state index in [-0.39, 0.29) is 5.91 Å². The third-order valence-corrected chi connectivity index (χ3v) is 4.65. The van der Waals surface area contributed by atoms with Gasteiger partial charge >= 0.3 is 0 Å². The van der Waals surface area contributed by atoms with Crippen molar-refractivity contribution in [3.05, 3.63) is 33.4 Å². The summed E-state index contributed by atoms with van der Waals surface area (Å²) in [6.07, 6.45) is 4.93. The molecule has 6 nitrogen and oxygen atoms in total. The predicted molar refractivity (Wildman–Crippen MR) is 79.8 cm³/mol. The monoisotopic (exact) mass is 305 g/mol. The van der Waals surface area contributed by atoms with E-state index in [1.165, 1.54) is 11.3 Å². The summed E-state index contributed by atoms with van der Waals surface area (Å²) in [7, 11) is 0. The summed E-state index contributed by atoms with van der Waals surface area (Å²) in [6, 6.07) is 0. The Labute approximate surface area is 122 Å². The van der Waals surface area contributed by atoms with E-state index in [0.717, 1.165) is 9.88 Å². The minimum atomic E-state index is -0.222. The molecule has 102 valence electrons. The Balaban J connectivity index is 1.80. The topological polar surface area (TPSA) is 93.8 Å². The standard InChI is InChI=1S/C12H11N5OS2/c1-6-4-16-7(19-6)5-17-11(18)10-8(13)9-12(20-10)15-3-2-14-9/h2-4H,5,13H2,1H3,(H,17,18). The van der Waals surface area contributed by atoms with Gasteiger partial charge in [-0.1, -0.05) is 0 Å². The predicted octanol–water partition coefficient (Wildman–Crippen LogP) is 1.97. The van der Waals surface area contributed by atoms with Crippen molar-refractivity contribution in [1.29, 1.82) is 0 Å². The second-order valence-electron chi connectivity index (χ2n) is 4.10. The van der Waals surface area contributed by atoms with Gasteiger partial charge < -0.3 is 11.1 Å². The Morgan fingerprint density at radius 3 is 2.80 bits per heavy atom. The minimum Gasteiger partial charge on any atom is -0.396 e. The summed E-state index contributed by atoms with van der Waals surface area (Å²) in [5.74, 6) is -0.222. The molecule has 1 amide bonds. The molecule has 0 atom stereocenters. The summed E-state index contributed by atoms with van der Waals surface area (Å²) >= 11 is 2.80. The molecule has 0 radical (unpaired) electrons. The number of nitrogens with two attached hydrogens (primary N) is 1. The molecule has 3 aromatic rings. The minimum absolute atomic E-state index is 0.222. The van der Waals surface area contributed by atoms with E-state index in [0.29, 0.717) is 27.5 Å². The molecule has 0 aliphatic heterocycles. The number of nitrogens with zero attached hydrogens (tertiary/aromatic N) is 3. The fourth-order valence-corrected chi connectivity index (χ4v) is 3.40. The van der Waals surface area contributed by atoms with E-state index in [9.17, 15) is 4.79 Å². The number of hydrogen-bond acceptors (Lipinski definition) is 7. The molecule has 0 fully saturated rings. The zero-order valence-corrected chi connectivity index (χ0v) is 12.2. The Hall–Kier alpha value is -2.06. The Kier molecular flexibility index (Phi) is 3.33. The van der Waals surface area contributed by atoms with Gasteiger partial charge in [0.2, 0.25) is 0 Å². The number of nitrogens with one attached hydrogen (secondary N) is 1. The summed E-state index contributed by atoms with van der Waals surface area (Å²) in [4.78, 5) is 26.9. The van der Waals surface area contributed by atoms with E-state index >= 15 is 0 Å². The van der Waals surface area contributed by atoms with Crippen molar-refractivity contribution in [3.8, 4) is 0 Å². The highest BCUT2D eigenvalue weighted by Crippen LogP contribution is 2.30. The van der Waals surface area contributed by atoms with Crippen LogP contribution in [-0.4, -0.2) is 20.9 Å². The number of aryl methyl sites for hydroxylation is 1. The van der Waals surface area contributed by atoms with E-state index in [1.807, 2.05) is 6.92 Å². The molecule has 3 rings (SSSR count). The van der Waals surface area contributed by atoms with Crippen molar-refractivity contribution in [2.24, 2.45) is 0 Å². The Bertz CT molecular complexity index is 779. The smallest absolute Gasteiger partial charge is 0.263 e. The largest absolute Gasteiger partial charge is 0.396 e. The number of carbonyl (C=O) groups is 1. The average Bonchev–Trinajstić information content (AvgIpc) is 3.01. The number of thiazole rings is 1. The van der Waals surface area contributed by atoms with Crippen molar-refractivity contribution in [3.63, 3.8) is 0 Å². The summed E-state index contributed by atoms with van der Waals surface area (Å²) in [6.45, 7) is 2.37. The first-order valence-electron chi connectivity index (χ1n) is 5.83. The van der Waals surface area contributed by atoms with Crippen molar-refractivity contribution >= 4 is 44.6 Å². The second-order valence-corrected chi connectivity index (χ2v) is 6.42. The van der Waals surface area contributed by atoms with E-state index in [1.54, 1.807) is 29.9 Å². The van der Waals surface area contributed by atoms with Gasteiger partial charge in [-0.2, -0.15) is 0 Å². The van der Waals surface area contributed by atoms with Gasteiger partial charge in [0.15, 0.2) is 0 Å². The SMILES string of the molecule is Cc1cnc(CNC(=O)c2sc3nccnc3c2N)s1. The van der Waals surface area contributed by atoms with Gasteiger partial charge in [0.25, 0.3) is 5.91 Å². The molecule has 0 aliphatic carbocycles. The zero-order valence-electron chi connectivity index (χ0n) is 10.6. The molecule has 0 unspecified atom stereocenters. The quantitative estimate of drug-likeness (QED) is 0.771. The first kappa shape index (κ1) is 12.9. The number of aromatic nitrogens is 3. The number of amides is 1. The van der Waals surface area contributed by atoms with Crippen LogP contribution >= 0.6 is 22.7 Å². The molecule has 0 saturated heterocycles. The molecule has 0 spiro atoms. The molecule has 3 aromatic heterocycles. The van der Waals surface area contributed by atoms with Crippen molar-refractivity contribution in [2.45, 2.75) is 13.5 Å². The van der Waals surface area contributed by atoms with Gasteiger partial charge in [-0.3, -0.25) is 4.79 Å². The van der Waals surface area contributed by atoms with Crippen LogP contribution in [0.1, 0.15) is 19.6 Å². The lowest BCUT2D eigenvalue weighted by atomic mass is 10.3. The lowest BCUT2D eigenvalue weighted by Crippen LogP contribution is -2.22. The molecular weight excluding hydrogens is 294 g/mol. The van der Waals surface area contributed by atoms with Crippen LogP contribution in [0.2, 0.25) is 0 Å². The molecule has 3 N–H and O–H groups in total. The van der Waals surface area contributed by atoms with Gasteiger partial charge in [-0.15, -0.1) is 22.7 Å². The number of hydrogen-bond donors (Lipinski definition) is 2. The normalized spacial score (nSPS) is 10.8. The van der Waals surface area contributed by atoms with Crippen LogP contribution < -0.4 is 11.1 Å². The van der Waals surface area contributed by atoms with Crippen LogP contribution in [0.5, 0.6) is 0 Å². The van der Waals surface area contributed by atoms with Gasteiger partial charge in [0.05, 0.1) is 12.2 Å². The molecule has 0 bridgehead atoms.